The molecule has 3 rings (SSSR count). The standard InChI is InChI=1S/C16H14ClFN4O2/c17-12-4-1-3-11(7-12)13-8-14(21-24-13)20-15(23)16(18)5-2-6-22(9-16)10-19/h1,3-4,7-8H,2,5-6,9H2,(H,20,21,23)/t16-/m1/s1. The summed E-state index contributed by atoms with van der Waals surface area (Å²) in [5.74, 6) is -0.308. The molecule has 6 nitrogen and oxygen atoms in total. The largest absolute Gasteiger partial charge is 0.354 e. The first-order chi connectivity index (χ1) is 11.5. The lowest BCUT2D eigenvalue weighted by Gasteiger charge is -2.32. The number of halogens is 2. The fraction of sp³-hybridized carbons (Fsp3) is 0.312. The summed E-state index contributed by atoms with van der Waals surface area (Å²) in [6.07, 6.45) is 2.38. The number of rotatable bonds is 3. The quantitative estimate of drug-likeness (QED) is 0.861. The Kier molecular flexibility index (Phi) is 4.40. The number of alkyl halides is 1. The van der Waals surface area contributed by atoms with Crippen molar-refractivity contribution in [1.82, 2.24) is 10.1 Å². The van der Waals surface area contributed by atoms with Gasteiger partial charge < -0.3 is 14.7 Å². The Morgan fingerprint density at radius 2 is 2.33 bits per heavy atom. The molecule has 0 unspecified atom stereocenters. The van der Waals surface area contributed by atoms with E-state index in [4.69, 9.17) is 21.4 Å². The van der Waals surface area contributed by atoms with Crippen LogP contribution in [0.15, 0.2) is 34.9 Å². The number of carbonyl (C=O) groups is 1. The molecule has 1 aromatic carbocycles. The molecule has 0 radical (unpaired) electrons. The Morgan fingerprint density at radius 3 is 3.08 bits per heavy atom. The molecule has 124 valence electrons. The van der Waals surface area contributed by atoms with Gasteiger partial charge in [-0.3, -0.25) is 4.79 Å². The van der Waals surface area contributed by atoms with Gasteiger partial charge in [0.25, 0.3) is 5.91 Å². The normalized spacial score (nSPS) is 20.5. The van der Waals surface area contributed by atoms with Crippen LogP contribution < -0.4 is 5.32 Å². The van der Waals surface area contributed by atoms with Crippen LogP contribution >= 0.6 is 11.6 Å². The van der Waals surface area contributed by atoms with Crippen LogP contribution in [0.1, 0.15) is 12.8 Å². The fourth-order valence-corrected chi connectivity index (χ4v) is 2.81. The Hall–Kier alpha value is -2.59. The zero-order valence-corrected chi connectivity index (χ0v) is 13.4. The lowest BCUT2D eigenvalue weighted by atomic mass is 9.94. The molecule has 1 saturated heterocycles. The van der Waals surface area contributed by atoms with Gasteiger partial charge in [0.1, 0.15) is 0 Å². The van der Waals surface area contributed by atoms with Crippen molar-refractivity contribution in [3.63, 3.8) is 0 Å². The molecule has 1 fully saturated rings. The van der Waals surface area contributed by atoms with E-state index in [2.05, 4.69) is 10.5 Å². The minimum absolute atomic E-state index is 0.0655. The van der Waals surface area contributed by atoms with E-state index >= 15 is 0 Å². The minimum Gasteiger partial charge on any atom is -0.354 e. The van der Waals surface area contributed by atoms with Gasteiger partial charge in [0.2, 0.25) is 5.67 Å². The van der Waals surface area contributed by atoms with E-state index in [0.29, 0.717) is 29.3 Å². The van der Waals surface area contributed by atoms with Crippen LogP contribution in [-0.4, -0.2) is 34.7 Å². The highest BCUT2D eigenvalue weighted by Crippen LogP contribution is 2.28. The molecule has 0 aliphatic carbocycles. The summed E-state index contributed by atoms with van der Waals surface area (Å²) in [7, 11) is 0. The lowest BCUT2D eigenvalue weighted by molar-refractivity contribution is -0.130. The summed E-state index contributed by atoms with van der Waals surface area (Å²) in [6, 6.07) is 8.45. The van der Waals surface area contributed by atoms with Crippen LogP contribution in [0.5, 0.6) is 0 Å². The molecule has 1 aliphatic heterocycles. The van der Waals surface area contributed by atoms with Crippen molar-refractivity contribution in [1.29, 1.82) is 5.26 Å². The number of likely N-dealkylation sites (tertiary alicyclic amines) is 1. The summed E-state index contributed by atoms with van der Waals surface area (Å²) in [5, 5.41) is 15.6. The molecule has 2 aromatic rings. The van der Waals surface area contributed by atoms with Gasteiger partial charge in [0.05, 0.1) is 6.54 Å². The van der Waals surface area contributed by atoms with Crippen LogP contribution in [0, 0.1) is 11.5 Å². The summed E-state index contributed by atoms with van der Waals surface area (Å²) >= 11 is 5.92. The van der Waals surface area contributed by atoms with Gasteiger partial charge in [0, 0.05) is 23.2 Å². The Bertz CT molecular complexity index is 803. The van der Waals surface area contributed by atoms with Crippen molar-refractivity contribution in [3.05, 3.63) is 35.4 Å². The van der Waals surface area contributed by atoms with E-state index in [9.17, 15) is 9.18 Å². The third-order valence-electron chi connectivity index (χ3n) is 3.85. The molecule has 8 heteroatoms. The van der Waals surface area contributed by atoms with Gasteiger partial charge in [-0.25, -0.2) is 4.39 Å². The number of hydrogen-bond acceptors (Lipinski definition) is 5. The molecule has 0 spiro atoms. The number of hydrogen-bond donors (Lipinski definition) is 1. The summed E-state index contributed by atoms with van der Waals surface area (Å²) in [6.45, 7) is 0.201. The third-order valence-corrected chi connectivity index (χ3v) is 4.09. The van der Waals surface area contributed by atoms with Crippen LogP contribution in [0.2, 0.25) is 5.02 Å². The lowest BCUT2D eigenvalue weighted by Crippen LogP contribution is -2.51. The molecule has 24 heavy (non-hydrogen) atoms. The minimum atomic E-state index is -2.12. The number of nitriles is 1. The van der Waals surface area contributed by atoms with Gasteiger partial charge in [-0.05, 0) is 25.0 Å². The van der Waals surface area contributed by atoms with Crippen molar-refractivity contribution < 1.29 is 13.7 Å². The van der Waals surface area contributed by atoms with Gasteiger partial charge in [-0.15, -0.1) is 0 Å². The van der Waals surface area contributed by atoms with Crippen molar-refractivity contribution in [2.24, 2.45) is 0 Å². The average Bonchev–Trinajstić information content (AvgIpc) is 3.03. The van der Waals surface area contributed by atoms with Crippen LogP contribution in [-0.2, 0) is 4.79 Å². The predicted molar refractivity (Wildman–Crippen MR) is 85.8 cm³/mol. The van der Waals surface area contributed by atoms with Crippen molar-refractivity contribution in [2.45, 2.75) is 18.5 Å². The van der Waals surface area contributed by atoms with E-state index < -0.39 is 11.6 Å². The molecule has 1 amide bonds. The fourth-order valence-electron chi connectivity index (χ4n) is 2.62. The summed E-state index contributed by atoms with van der Waals surface area (Å²) in [4.78, 5) is 13.5. The SMILES string of the molecule is N#CN1CCC[C@](F)(C(=O)Nc2cc(-c3cccc(Cl)c3)on2)C1. The highest BCUT2D eigenvalue weighted by atomic mass is 35.5. The van der Waals surface area contributed by atoms with E-state index in [0.717, 1.165) is 0 Å². The number of piperidine rings is 1. The molecule has 0 saturated carbocycles. The van der Waals surface area contributed by atoms with Crippen LogP contribution in [0.25, 0.3) is 11.3 Å². The van der Waals surface area contributed by atoms with Crippen molar-refractivity contribution in [3.8, 4) is 17.5 Å². The first kappa shape index (κ1) is 16.3. The second kappa shape index (κ2) is 6.49. The molecule has 1 aromatic heterocycles. The highest BCUT2D eigenvalue weighted by molar-refractivity contribution is 6.30. The number of benzene rings is 1. The van der Waals surface area contributed by atoms with Crippen LogP contribution in [0.4, 0.5) is 10.2 Å². The highest BCUT2D eigenvalue weighted by Gasteiger charge is 2.43. The monoisotopic (exact) mass is 348 g/mol. The average molecular weight is 349 g/mol. The van der Waals surface area contributed by atoms with Crippen molar-refractivity contribution in [2.75, 3.05) is 18.4 Å². The number of anilines is 1. The Labute approximate surface area is 142 Å². The van der Waals surface area contributed by atoms with Gasteiger partial charge >= 0.3 is 0 Å². The van der Waals surface area contributed by atoms with E-state index in [1.165, 1.54) is 11.0 Å². The maximum Gasteiger partial charge on any atom is 0.265 e. The van der Waals surface area contributed by atoms with E-state index in [1.807, 2.05) is 6.19 Å². The molecule has 2 heterocycles. The Balaban J connectivity index is 1.73. The number of nitrogens with zero attached hydrogens (tertiary/aromatic N) is 3. The molecule has 1 N–H and O–H groups in total. The number of carbonyl (C=O) groups excluding carboxylic acids is 1. The van der Waals surface area contributed by atoms with Crippen LogP contribution in [0.3, 0.4) is 0 Å². The van der Waals surface area contributed by atoms with E-state index in [1.54, 1.807) is 24.3 Å². The zero-order chi connectivity index (χ0) is 17.2. The molecule has 0 bridgehead atoms. The zero-order valence-electron chi connectivity index (χ0n) is 12.6. The maximum atomic E-state index is 14.8. The number of nitrogens with one attached hydrogen (secondary N) is 1. The predicted octanol–water partition coefficient (Wildman–Crippen LogP) is 3.22. The van der Waals surface area contributed by atoms with Crippen molar-refractivity contribution >= 4 is 23.3 Å². The van der Waals surface area contributed by atoms with Gasteiger partial charge in [0.15, 0.2) is 17.8 Å². The second-order valence-corrected chi connectivity index (χ2v) is 6.07. The number of aromatic nitrogens is 1. The Morgan fingerprint density at radius 1 is 1.50 bits per heavy atom. The molecular weight excluding hydrogens is 335 g/mol. The first-order valence-electron chi connectivity index (χ1n) is 7.38. The topological polar surface area (TPSA) is 82.2 Å². The smallest absolute Gasteiger partial charge is 0.265 e. The number of amides is 1. The summed E-state index contributed by atoms with van der Waals surface area (Å²) in [5.41, 5.74) is -1.43. The van der Waals surface area contributed by atoms with Gasteiger partial charge in [-0.1, -0.05) is 28.9 Å². The molecular formula is C16H14ClFN4O2. The molecule has 1 aliphatic rings. The molecule has 1 atom stereocenters. The maximum absolute atomic E-state index is 14.8. The summed E-state index contributed by atoms with van der Waals surface area (Å²) < 4.78 is 20.0. The van der Waals surface area contributed by atoms with Gasteiger partial charge in [-0.2, -0.15) is 5.26 Å². The first-order valence-corrected chi connectivity index (χ1v) is 7.76. The second-order valence-electron chi connectivity index (χ2n) is 5.63. The van der Waals surface area contributed by atoms with E-state index in [-0.39, 0.29) is 18.8 Å². The third kappa shape index (κ3) is 3.34.